The Morgan fingerprint density at radius 1 is 1.21 bits per heavy atom. The molecule has 4 rings (SSSR count). The van der Waals surface area contributed by atoms with Crippen LogP contribution < -0.4 is 10.9 Å². The van der Waals surface area contributed by atoms with Gasteiger partial charge in [0.15, 0.2) is 5.16 Å². The highest BCUT2D eigenvalue weighted by Gasteiger charge is 2.31. The molecule has 34 heavy (non-hydrogen) atoms. The van der Waals surface area contributed by atoms with Crippen LogP contribution in [0.2, 0.25) is 5.02 Å². The molecule has 2 N–H and O–H groups in total. The molecule has 1 aromatic heterocycles. The van der Waals surface area contributed by atoms with Crippen LogP contribution in [-0.4, -0.2) is 33.1 Å². The number of H-pyrrole nitrogens is 1. The number of amides is 1. The zero-order valence-corrected chi connectivity index (χ0v) is 19.4. The molecule has 2 aromatic carbocycles. The molecular weight excluding hydrogens is 489 g/mol. The lowest BCUT2D eigenvalue weighted by Gasteiger charge is -2.27. The highest BCUT2D eigenvalue weighted by molar-refractivity contribution is 7.99. The number of carbonyl (C=O) groups is 1. The smallest absolute Gasteiger partial charge is 0.324 e. The topological polar surface area (TPSA) is 78.1 Å². The predicted octanol–water partition coefficient (Wildman–Crippen LogP) is 4.73. The summed E-state index contributed by atoms with van der Waals surface area (Å²) in [6.45, 7) is 1.96. The molecule has 0 unspecified atom stereocenters. The molecule has 0 bridgehead atoms. The maximum Gasteiger partial charge on any atom is 0.416 e. The summed E-state index contributed by atoms with van der Waals surface area (Å²) in [6.07, 6.45) is -3.95. The van der Waals surface area contributed by atoms with Crippen LogP contribution in [0, 0.1) is 0 Å². The van der Waals surface area contributed by atoms with Crippen LogP contribution in [0.1, 0.15) is 22.4 Å². The molecule has 6 nitrogen and oxygen atoms in total. The minimum Gasteiger partial charge on any atom is -0.324 e. The number of anilines is 1. The van der Waals surface area contributed by atoms with Gasteiger partial charge in [-0.25, -0.2) is 4.98 Å². The van der Waals surface area contributed by atoms with Crippen LogP contribution >= 0.6 is 23.4 Å². The van der Waals surface area contributed by atoms with Crippen molar-refractivity contribution in [2.24, 2.45) is 0 Å². The molecule has 0 spiro atoms. The Labute approximate surface area is 202 Å². The lowest BCUT2D eigenvalue weighted by atomic mass is 10.1. The van der Waals surface area contributed by atoms with Crippen molar-refractivity contribution in [2.45, 2.75) is 30.8 Å². The van der Waals surface area contributed by atoms with Gasteiger partial charge in [-0.15, -0.1) is 0 Å². The molecule has 11 heteroatoms. The van der Waals surface area contributed by atoms with E-state index in [0.29, 0.717) is 24.2 Å². The molecule has 1 amide bonds. The summed E-state index contributed by atoms with van der Waals surface area (Å²) in [5, 5.41) is 2.66. The summed E-state index contributed by atoms with van der Waals surface area (Å²) in [7, 11) is 0. The van der Waals surface area contributed by atoms with Gasteiger partial charge in [0.2, 0.25) is 5.91 Å². The van der Waals surface area contributed by atoms with Crippen LogP contribution in [0.4, 0.5) is 18.9 Å². The zero-order valence-electron chi connectivity index (χ0n) is 17.8. The van der Waals surface area contributed by atoms with Crippen LogP contribution in [-0.2, 0) is 30.5 Å². The van der Waals surface area contributed by atoms with Gasteiger partial charge in [0.1, 0.15) is 0 Å². The first-order chi connectivity index (χ1) is 16.2. The van der Waals surface area contributed by atoms with Crippen molar-refractivity contribution >= 4 is 35.0 Å². The first kappa shape index (κ1) is 24.3. The van der Waals surface area contributed by atoms with E-state index < -0.39 is 17.6 Å². The number of benzene rings is 2. The number of carbonyl (C=O) groups excluding carboxylic acids is 1. The van der Waals surface area contributed by atoms with E-state index in [1.54, 1.807) is 0 Å². The van der Waals surface area contributed by atoms with Gasteiger partial charge in [-0.1, -0.05) is 53.7 Å². The normalized spacial score (nSPS) is 14.0. The van der Waals surface area contributed by atoms with Gasteiger partial charge in [-0.3, -0.25) is 14.5 Å². The summed E-state index contributed by atoms with van der Waals surface area (Å²) >= 11 is 6.91. The van der Waals surface area contributed by atoms with Crippen molar-refractivity contribution in [1.82, 2.24) is 14.9 Å². The van der Waals surface area contributed by atoms with Crippen LogP contribution in [0.15, 0.2) is 58.5 Å². The molecule has 0 aliphatic carbocycles. The van der Waals surface area contributed by atoms with Gasteiger partial charge in [0.25, 0.3) is 5.56 Å². The molecule has 0 saturated heterocycles. The maximum absolute atomic E-state index is 12.9. The van der Waals surface area contributed by atoms with Gasteiger partial charge in [0, 0.05) is 26.1 Å². The van der Waals surface area contributed by atoms with Crippen LogP contribution in [0.25, 0.3) is 0 Å². The predicted molar refractivity (Wildman–Crippen MR) is 125 cm³/mol. The average molecular weight is 509 g/mol. The minimum absolute atomic E-state index is 0.00767. The second-order valence-corrected chi connectivity index (χ2v) is 9.14. The van der Waals surface area contributed by atoms with Gasteiger partial charge in [-0.2, -0.15) is 13.2 Å². The van der Waals surface area contributed by atoms with Crippen molar-refractivity contribution in [1.29, 1.82) is 0 Å². The molecular formula is C23H20ClF3N4O2S. The number of rotatable bonds is 6. The number of thioether (sulfide) groups is 1. The minimum atomic E-state index is -4.55. The number of nitrogens with zero attached hydrogens (tertiary/aromatic N) is 2. The number of aromatic nitrogens is 2. The number of nitrogens with one attached hydrogen (secondary N) is 2. The van der Waals surface area contributed by atoms with E-state index in [1.165, 1.54) is 0 Å². The first-order valence-electron chi connectivity index (χ1n) is 10.4. The Morgan fingerprint density at radius 2 is 1.97 bits per heavy atom. The second kappa shape index (κ2) is 10.2. The summed E-state index contributed by atoms with van der Waals surface area (Å²) in [4.78, 5) is 34.3. The second-order valence-electron chi connectivity index (χ2n) is 7.77. The average Bonchev–Trinajstić information content (AvgIpc) is 2.79. The lowest BCUT2D eigenvalue weighted by Crippen LogP contribution is -2.35. The third-order valence-electron chi connectivity index (χ3n) is 5.28. The van der Waals surface area contributed by atoms with Gasteiger partial charge >= 0.3 is 6.18 Å². The van der Waals surface area contributed by atoms with Crippen molar-refractivity contribution in [3.8, 4) is 0 Å². The van der Waals surface area contributed by atoms with E-state index in [9.17, 15) is 22.8 Å². The fourth-order valence-corrected chi connectivity index (χ4v) is 4.47. The van der Waals surface area contributed by atoms with Gasteiger partial charge < -0.3 is 10.3 Å². The molecule has 0 fully saturated rings. The molecule has 0 radical (unpaired) electrons. The van der Waals surface area contributed by atoms with E-state index in [2.05, 4.69) is 20.2 Å². The van der Waals surface area contributed by atoms with Crippen molar-refractivity contribution in [3.05, 3.63) is 86.3 Å². The van der Waals surface area contributed by atoms with Gasteiger partial charge in [-0.05, 0) is 23.8 Å². The maximum atomic E-state index is 12.9. The Morgan fingerprint density at radius 3 is 2.71 bits per heavy atom. The first-order valence-corrected chi connectivity index (χ1v) is 11.7. The number of fused-ring (bicyclic) bond motifs is 1. The van der Waals surface area contributed by atoms with Crippen molar-refractivity contribution < 1.29 is 18.0 Å². The molecule has 0 atom stereocenters. The standard InChI is InChI=1S/C23H20ClF3N4O2S/c24-17-7-6-15(23(25,26)27)10-19(17)28-20(32)13-34-22-29-18-8-9-31(12-16(18)21(33)30-22)11-14-4-2-1-3-5-14/h1-7,10H,8-9,11-13H2,(H,28,32)(H,29,30,33). The molecule has 0 saturated carbocycles. The zero-order chi connectivity index (χ0) is 24.3. The van der Waals surface area contributed by atoms with E-state index in [0.717, 1.165) is 48.6 Å². The van der Waals surface area contributed by atoms with E-state index in [1.807, 2.05) is 30.3 Å². The Balaban J connectivity index is 1.38. The summed E-state index contributed by atoms with van der Waals surface area (Å²) in [6, 6.07) is 12.7. The highest BCUT2D eigenvalue weighted by atomic mass is 35.5. The monoisotopic (exact) mass is 508 g/mol. The molecule has 178 valence electrons. The van der Waals surface area contributed by atoms with Gasteiger partial charge in [0.05, 0.1) is 33.3 Å². The lowest BCUT2D eigenvalue weighted by molar-refractivity contribution is -0.137. The van der Waals surface area contributed by atoms with Crippen molar-refractivity contribution in [3.63, 3.8) is 0 Å². The fraction of sp³-hybridized carbons (Fsp3) is 0.261. The number of hydrogen-bond donors (Lipinski definition) is 2. The number of hydrogen-bond acceptors (Lipinski definition) is 5. The summed E-state index contributed by atoms with van der Waals surface area (Å²) < 4.78 is 38.7. The summed E-state index contributed by atoms with van der Waals surface area (Å²) in [5.74, 6) is -0.727. The third kappa shape index (κ3) is 5.99. The SMILES string of the molecule is O=C(CSc1nc2c(c(=O)[nH]1)CN(Cc1ccccc1)CC2)Nc1cc(C(F)(F)F)ccc1Cl. The van der Waals surface area contributed by atoms with E-state index >= 15 is 0 Å². The quantitative estimate of drug-likeness (QED) is 0.372. The number of alkyl halides is 3. The van der Waals surface area contributed by atoms with E-state index in [-0.39, 0.29) is 27.2 Å². The Hall–Kier alpha value is -2.82. The Kier molecular flexibility index (Phi) is 7.30. The Bertz CT molecular complexity index is 1250. The number of halogens is 4. The molecule has 3 aromatic rings. The summed E-state index contributed by atoms with van der Waals surface area (Å²) in [5.41, 5.74) is 1.15. The van der Waals surface area contributed by atoms with Crippen molar-refractivity contribution in [2.75, 3.05) is 17.6 Å². The molecule has 1 aliphatic rings. The largest absolute Gasteiger partial charge is 0.416 e. The molecule has 1 aliphatic heterocycles. The van der Waals surface area contributed by atoms with Crippen LogP contribution in [0.5, 0.6) is 0 Å². The third-order valence-corrected chi connectivity index (χ3v) is 6.49. The highest BCUT2D eigenvalue weighted by Crippen LogP contribution is 2.34. The fourth-order valence-electron chi connectivity index (χ4n) is 3.62. The van der Waals surface area contributed by atoms with Crippen LogP contribution in [0.3, 0.4) is 0 Å². The van der Waals surface area contributed by atoms with E-state index in [4.69, 9.17) is 11.6 Å². The molecule has 2 heterocycles. The number of aromatic amines is 1.